The van der Waals surface area contributed by atoms with Crippen molar-refractivity contribution < 1.29 is 9.59 Å². The molecule has 1 aromatic carbocycles. The van der Waals surface area contributed by atoms with Crippen LogP contribution in [-0.4, -0.2) is 60.9 Å². The fourth-order valence-electron chi connectivity index (χ4n) is 3.73. The molecule has 5 nitrogen and oxygen atoms in total. The largest absolute Gasteiger partial charge is 0.342 e. The Morgan fingerprint density at radius 2 is 2.04 bits per heavy atom. The molecule has 2 atom stereocenters. The summed E-state index contributed by atoms with van der Waals surface area (Å²) in [7, 11) is 1.91. The van der Waals surface area contributed by atoms with Crippen molar-refractivity contribution in [2.45, 2.75) is 31.7 Å². The Hall–Kier alpha value is -1.88. The fourth-order valence-corrected chi connectivity index (χ4v) is 3.73. The van der Waals surface area contributed by atoms with E-state index in [4.69, 9.17) is 0 Å². The molecule has 130 valence electrons. The summed E-state index contributed by atoms with van der Waals surface area (Å²) in [5.41, 5.74) is 1.03. The van der Waals surface area contributed by atoms with Crippen LogP contribution >= 0.6 is 0 Å². The van der Waals surface area contributed by atoms with Crippen LogP contribution in [0.2, 0.25) is 0 Å². The van der Waals surface area contributed by atoms with Crippen molar-refractivity contribution in [2.24, 2.45) is 5.92 Å². The van der Waals surface area contributed by atoms with E-state index in [0.717, 1.165) is 44.5 Å². The molecule has 1 aromatic rings. The number of nitrogens with zero attached hydrogens (tertiary/aromatic N) is 2. The standard InChI is InChI=1S/C19H27N3O2/c1-21(17-9-10-20-13-17)19(24)16-8-5-11-22(14-16)18(23)12-15-6-3-2-4-7-15/h2-4,6-7,16-17,20H,5,8-14H2,1H3. The second kappa shape index (κ2) is 7.79. The number of amides is 2. The van der Waals surface area contributed by atoms with E-state index in [9.17, 15) is 9.59 Å². The van der Waals surface area contributed by atoms with E-state index in [0.29, 0.717) is 19.0 Å². The zero-order chi connectivity index (χ0) is 16.9. The van der Waals surface area contributed by atoms with Crippen LogP contribution in [0.15, 0.2) is 30.3 Å². The number of hydrogen-bond acceptors (Lipinski definition) is 3. The Morgan fingerprint density at radius 3 is 2.75 bits per heavy atom. The molecule has 2 aliphatic heterocycles. The number of hydrogen-bond donors (Lipinski definition) is 1. The van der Waals surface area contributed by atoms with E-state index in [2.05, 4.69) is 5.32 Å². The zero-order valence-electron chi connectivity index (χ0n) is 14.4. The van der Waals surface area contributed by atoms with E-state index in [1.807, 2.05) is 47.2 Å². The quantitative estimate of drug-likeness (QED) is 0.906. The maximum absolute atomic E-state index is 12.8. The number of rotatable bonds is 4. The Balaban J connectivity index is 1.57. The van der Waals surface area contributed by atoms with Crippen LogP contribution in [-0.2, 0) is 16.0 Å². The van der Waals surface area contributed by atoms with Gasteiger partial charge in [-0.1, -0.05) is 30.3 Å². The molecule has 0 spiro atoms. The molecule has 24 heavy (non-hydrogen) atoms. The molecule has 3 rings (SSSR count). The molecule has 2 amide bonds. The van der Waals surface area contributed by atoms with Crippen LogP contribution in [0.25, 0.3) is 0 Å². The lowest BCUT2D eigenvalue weighted by molar-refractivity contribution is -0.141. The minimum absolute atomic E-state index is 0.0518. The molecule has 2 heterocycles. The van der Waals surface area contributed by atoms with Gasteiger partial charge in [0.25, 0.3) is 0 Å². The Labute approximate surface area is 144 Å². The van der Waals surface area contributed by atoms with Gasteiger partial charge in [-0.25, -0.2) is 0 Å². The van der Waals surface area contributed by atoms with Crippen LogP contribution < -0.4 is 5.32 Å². The Bertz CT molecular complexity index is 569. The third-order valence-electron chi connectivity index (χ3n) is 5.25. The molecule has 2 unspecified atom stereocenters. The first-order valence-corrected chi connectivity index (χ1v) is 8.94. The van der Waals surface area contributed by atoms with Gasteiger partial charge in [0, 0.05) is 32.7 Å². The summed E-state index contributed by atoms with van der Waals surface area (Å²) in [5, 5.41) is 3.31. The maximum Gasteiger partial charge on any atom is 0.227 e. The average molecular weight is 329 g/mol. The smallest absolute Gasteiger partial charge is 0.227 e. The van der Waals surface area contributed by atoms with Gasteiger partial charge in [0.05, 0.1) is 12.3 Å². The van der Waals surface area contributed by atoms with Crippen LogP contribution in [0.4, 0.5) is 0 Å². The second-order valence-electron chi connectivity index (χ2n) is 6.94. The van der Waals surface area contributed by atoms with Crippen LogP contribution in [0.3, 0.4) is 0 Å². The monoisotopic (exact) mass is 329 g/mol. The molecule has 1 N–H and O–H groups in total. The normalized spacial score (nSPS) is 24.0. The highest BCUT2D eigenvalue weighted by Crippen LogP contribution is 2.21. The topological polar surface area (TPSA) is 52.7 Å². The third kappa shape index (κ3) is 3.96. The van der Waals surface area contributed by atoms with Gasteiger partial charge < -0.3 is 15.1 Å². The van der Waals surface area contributed by atoms with E-state index in [-0.39, 0.29) is 17.7 Å². The van der Waals surface area contributed by atoms with Crippen LogP contribution in [0.5, 0.6) is 0 Å². The molecule has 5 heteroatoms. The minimum Gasteiger partial charge on any atom is -0.342 e. The van der Waals surface area contributed by atoms with Crippen molar-refractivity contribution in [1.29, 1.82) is 0 Å². The van der Waals surface area contributed by atoms with Crippen molar-refractivity contribution >= 4 is 11.8 Å². The van der Waals surface area contributed by atoms with Gasteiger partial charge in [0.2, 0.25) is 11.8 Å². The first kappa shape index (κ1) is 17.0. The average Bonchev–Trinajstić information content (AvgIpc) is 3.16. The molecule has 0 aromatic heterocycles. The lowest BCUT2D eigenvalue weighted by atomic mass is 9.95. The number of nitrogens with one attached hydrogen (secondary N) is 1. The molecular formula is C19H27N3O2. The van der Waals surface area contributed by atoms with Gasteiger partial charge in [-0.3, -0.25) is 9.59 Å². The highest BCUT2D eigenvalue weighted by molar-refractivity contribution is 5.82. The summed E-state index contributed by atoms with van der Waals surface area (Å²) in [6, 6.07) is 10.1. The highest BCUT2D eigenvalue weighted by Gasteiger charge is 2.33. The summed E-state index contributed by atoms with van der Waals surface area (Å²) < 4.78 is 0. The van der Waals surface area contributed by atoms with Crippen molar-refractivity contribution in [3.05, 3.63) is 35.9 Å². The summed E-state index contributed by atoms with van der Waals surface area (Å²) in [6.07, 6.45) is 3.24. The lowest BCUT2D eigenvalue weighted by Crippen LogP contribution is -2.49. The SMILES string of the molecule is CN(C(=O)C1CCCN(C(=O)Cc2ccccc2)C1)C1CCNC1. The highest BCUT2D eigenvalue weighted by atomic mass is 16.2. The Morgan fingerprint density at radius 1 is 1.25 bits per heavy atom. The number of likely N-dealkylation sites (N-methyl/N-ethyl adjacent to an activating group) is 1. The van der Waals surface area contributed by atoms with Crippen molar-refractivity contribution in [2.75, 3.05) is 33.2 Å². The molecule has 2 aliphatic rings. The first-order chi connectivity index (χ1) is 11.6. The van der Waals surface area contributed by atoms with Gasteiger partial charge >= 0.3 is 0 Å². The molecular weight excluding hydrogens is 302 g/mol. The van der Waals surface area contributed by atoms with Gasteiger partial charge in [-0.2, -0.15) is 0 Å². The van der Waals surface area contributed by atoms with E-state index < -0.39 is 0 Å². The second-order valence-corrected chi connectivity index (χ2v) is 6.94. The summed E-state index contributed by atoms with van der Waals surface area (Å²) >= 11 is 0. The molecule has 0 radical (unpaired) electrons. The third-order valence-corrected chi connectivity index (χ3v) is 5.25. The van der Waals surface area contributed by atoms with Crippen molar-refractivity contribution in [1.82, 2.24) is 15.1 Å². The minimum atomic E-state index is -0.0518. The van der Waals surface area contributed by atoms with Crippen molar-refractivity contribution in [3.8, 4) is 0 Å². The summed E-state index contributed by atoms with van der Waals surface area (Å²) in [4.78, 5) is 29.1. The number of carbonyl (C=O) groups is 2. The molecule has 2 fully saturated rings. The molecule has 0 bridgehead atoms. The van der Waals surface area contributed by atoms with Gasteiger partial charge in [0.1, 0.15) is 0 Å². The number of carbonyl (C=O) groups excluding carboxylic acids is 2. The summed E-state index contributed by atoms with van der Waals surface area (Å²) in [6.45, 7) is 3.19. The van der Waals surface area contributed by atoms with Crippen molar-refractivity contribution in [3.63, 3.8) is 0 Å². The first-order valence-electron chi connectivity index (χ1n) is 8.94. The van der Waals surface area contributed by atoms with Gasteiger partial charge in [-0.05, 0) is 31.4 Å². The number of piperidine rings is 1. The Kier molecular flexibility index (Phi) is 5.51. The fraction of sp³-hybridized carbons (Fsp3) is 0.579. The number of likely N-dealkylation sites (tertiary alicyclic amines) is 1. The molecule has 2 saturated heterocycles. The van der Waals surface area contributed by atoms with Crippen LogP contribution in [0.1, 0.15) is 24.8 Å². The molecule has 0 saturated carbocycles. The molecule has 0 aliphatic carbocycles. The predicted molar refractivity (Wildman–Crippen MR) is 93.5 cm³/mol. The lowest BCUT2D eigenvalue weighted by Gasteiger charge is -2.35. The van der Waals surface area contributed by atoms with E-state index >= 15 is 0 Å². The predicted octanol–water partition coefficient (Wildman–Crippen LogP) is 1.29. The van der Waals surface area contributed by atoms with Gasteiger partial charge in [0.15, 0.2) is 0 Å². The maximum atomic E-state index is 12.8. The van der Waals surface area contributed by atoms with Gasteiger partial charge in [-0.15, -0.1) is 0 Å². The van der Waals surface area contributed by atoms with Crippen LogP contribution in [0, 0.1) is 5.92 Å². The summed E-state index contributed by atoms with van der Waals surface area (Å²) in [5.74, 6) is 0.272. The zero-order valence-corrected chi connectivity index (χ0v) is 14.4. The number of benzene rings is 1. The van der Waals surface area contributed by atoms with E-state index in [1.165, 1.54) is 0 Å². The van der Waals surface area contributed by atoms with E-state index in [1.54, 1.807) is 0 Å².